The van der Waals surface area contributed by atoms with Crippen LogP contribution in [-0.2, 0) is 9.59 Å². The summed E-state index contributed by atoms with van der Waals surface area (Å²) in [5.41, 5.74) is 0.693. The lowest BCUT2D eigenvalue weighted by Gasteiger charge is -2.31. The van der Waals surface area contributed by atoms with Gasteiger partial charge in [0.15, 0.2) is 0 Å². The Morgan fingerprint density at radius 3 is 2.88 bits per heavy atom. The van der Waals surface area contributed by atoms with Gasteiger partial charge in [0.25, 0.3) is 0 Å². The van der Waals surface area contributed by atoms with E-state index in [0.717, 1.165) is 4.90 Å². The van der Waals surface area contributed by atoms with Crippen molar-refractivity contribution >= 4 is 29.3 Å². The second-order valence-corrected chi connectivity index (χ2v) is 4.55. The van der Waals surface area contributed by atoms with Crippen LogP contribution in [0.2, 0.25) is 0 Å². The van der Waals surface area contributed by atoms with Gasteiger partial charge in [-0.05, 0) is 19.1 Å². The second kappa shape index (κ2) is 4.17. The van der Waals surface area contributed by atoms with Crippen molar-refractivity contribution in [2.75, 3.05) is 10.7 Å². The highest BCUT2D eigenvalue weighted by Gasteiger charge is 2.31. The number of anilines is 1. The maximum absolute atomic E-state index is 11.7. The van der Waals surface area contributed by atoms with Crippen molar-refractivity contribution in [3.63, 3.8) is 0 Å². The monoisotopic (exact) mass is 237 g/mol. The average Bonchev–Trinajstić information content (AvgIpc) is 2.28. The first-order chi connectivity index (χ1) is 7.61. The van der Waals surface area contributed by atoms with Crippen LogP contribution in [0.25, 0.3) is 0 Å². The summed E-state index contributed by atoms with van der Waals surface area (Å²) in [4.78, 5) is 25.0. The van der Waals surface area contributed by atoms with Crippen molar-refractivity contribution in [3.05, 3.63) is 24.3 Å². The second-order valence-electron chi connectivity index (χ2n) is 3.53. The van der Waals surface area contributed by atoms with Gasteiger partial charge in [-0.25, -0.2) is 4.79 Å². The lowest BCUT2D eigenvalue weighted by atomic mass is 10.2. The number of carboxylic acids is 1. The van der Waals surface area contributed by atoms with Crippen molar-refractivity contribution in [1.82, 2.24) is 0 Å². The number of carbonyl (C=O) groups is 2. The van der Waals surface area contributed by atoms with E-state index >= 15 is 0 Å². The molecule has 1 atom stereocenters. The predicted molar refractivity (Wildman–Crippen MR) is 61.7 cm³/mol. The molecule has 0 radical (unpaired) electrons. The van der Waals surface area contributed by atoms with Gasteiger partial charge in [0, 0.05) is 4.90 Å². The molecule has 1 heterocycles. The molecule has 5 heteroatoms. The lowest BCUT2D eigenvalue weighted by Crippen LogP contribution is -2.46. The van der Waals surface area contributed by atoms with Crippen LogP contribution < -0.4 is 4.90 Å². The molecule has 0 aliphatic carbocycles. The Morgan fingerprint density at radius 1 is 1.50 bits per heavy atom. The van der Waals surface area contributed by atoms with Gasteiger partial charge < -0.3 is 5.11 Å². The quantitative estimate of drug-likeness (QED) is 0.848. The molecule has 1 amide bonds. The highest BCUT2D eigenvalue weighted by Crippen LogP contribution is 2.35. The first-order valence-corrected chi connectivity index (χ1v) is 5.86. The van der Waals surface area contributed by atoms with E-state index in [2.05, 4.69) is 0 Å². The maximum Gasteiger partial charge on any atom is 0.326 e. The van der Waals surface area contributed by atoms with Gasteiger partial charge in [0.05, 0.1) is 11.4 Å². The Balaban J connectivity index is 2.44. The van der Waals surface area contributed by atoms with E-state index in [4.69, 9.17) is 5.11 Å². The normalized spacial score (nSPS) is 16.8. The molecule has 2 rings (SSSR count). The van der Waals surface area contributed by atoms with Crippen LogP contribution in [0, 0.1) is 0 Å². The molecule has 1 aromatic carbocycles. The minimum absolute atomic E-state index is 0.154. The first-order valence-electron chi connectivity index (χ1n) is 4.88. The number of nitrogens with zero attached hydrogens (tertiary/aromatic N) is 1. The van der Waals surface area contributed by atoms with Crippen LogP contribution in [0.5, 0.6) is 0 Å². The smallest absolute Gasteiger partial charge is 0.326 e. The Bertz CT molecular complexity index is 447. The van der Waals surface area contributed by atoms with Gasteiger partial charge in [-0.15, -0.1) is 11.8 Å². The number of hydrogen-bond acceptors (Lipinski definition) is 3. The fourth-order valence-corrected chi connectivity index (χ4v) is 2.56. The zero-order valence-electron chi connectivity index (χ0n) is 8.71. The van der Waals surface area contributed by atoms with E-state index in [0.29, 0.717) is 11.4 Å². The van der Waals surface area contributed by atoms with Crippen LogP contribution in [-0.4, -0.2) is 28.8 Å². The molecule has 0 bridgehead atoms. The third kappa shape index (κ3) is 1.78. The minimum atomic E-state index is -0.991. The van der Waals surface area contributed by atoms with Crippen molar-refractivity contribution in [2.45, 2.75) is 17.9 Å². The fraction of sp³-hybridized carbons (Fsp3) is 0.273. The van der Waals surface area contributed by atoms with Crippen LogP contribution in [0.1, 0.15) is 6.92 Å². The molecular formula is C11H11NO3S. The summed E-state index contributed by atoms with van der Waals surface area (Å²) >= 11 is 1.45. The molecule has 1 aliphatic heterocycles. The van der Waals surface area contributed by atoms with Gasteiger partial charge in [-0.2, -0.15) is 0 Å². The summed E-state index contributed by atoms with van der Waals surface area (Å²) in [5.74, 6) is -0.845. The van der Waals surface area contributed by atoms with Gasteiger partial charge in [0.2, 0.25) is 5.91 Å². The molecule has 1 unspecified atom stereocenters. The molecule has 1 aromatic rings. The highest BCUT2D eigenvalue weighted by molar-refractivity contribution is 8.00. The molecule has 0 aromatic heterocycles. The van der Waals surface area contributed by atoms with E-state index in [-0.39, 0.29) is 5.91 Å². The number of rotatable bonds is 2. The zero-order valence-corrected chi connectivity index (χ0v) is 9.53. The van der Waals surface area contributed by atoms with E-state index in [9.17, 15) is 9.59 Å². The molecule has 0 fully saturated rings. The third-order valence-corrected chi connectivity index (χ3v) is 3.54. The van der Waals surface area contributed by atoms with Crippen LogP contribution in [0.15, 0.2) is 29.2 Å². The molecule has 84 valence electrons. The molecule has 16 heavy (non-hydrogen) atoms. The van der Waals surface area contributed by atoms with Gasteiger partial charge in [-0.3, -0.25) is 9.69 Å². The molecule has 4 nitrogen and oxygen atoms in total. The van der Waals surface area contributed by atoms with E-state index in [1.165, 1.54) is 23.6 Å². The first kappa shape index (κ1) is 11.0. The summed E-state index contributed by atoms with van der Waals surface area (Å²) in [6.07, 6.45) is 0. The number of thioether (sulfide) groups is 1. The number of carboxylic acid groups (broad SMARTS) is 1. The Hall–Kier alpha value is -1.49. The summed E-state index contributed by atoms with van der Waals surface area (Å²) in [5, 5.41) is 8.98. The predicted octanol–water partition coefficient (Wildman–Crippen LogP) is 1.60. The topological polar surface area (TPSA) is 57.6 Å². The van der Waals surface area contributed by atoms with Gasteiger partial charge in [-0.1, -0.05) is 12.1 Å². The van der Waals surface area contributed by atoms with E-state index < -0.39 is 12.0 Å². The van der Waals surface area contributed by atoms with Gasteiger partial charge >= 0.3 is 5.97 Å². The number of amides is 1. The Morgan fingerprint density at radius 2 is 2.19 bits per heavy atom. The van der Waals surface area contributed by atoms with E-state index in [1.807, 2.05) is 12.1 Å². The molecule has 1 aliphatic rings. The highest BCUT2D eigenvalue weighted by atomic mass is 32.2. The van der Waals surface area contributed by atoms with Crippen molar-refractivity contribution in [3.8, 4) is 0 Å². The summed E-state index contributed by atoms with van der Waals surface area (Å²) in [6, 6.07) is 6.53. The molecule has 0 spiro atoms. The zero-order chi connectivity index (χ0) is 11.7. The SMILES string of the molecule is CC(C(=O)O)N1C(=O)CSc2ccccc21. The lowest BCUT2D eigenvalue weighted by molar-refractivity contribution is -0.139. The largest absolute Gasteiger partial charge is 0.480 e. The van der Waals surface area contributed by atoms with Crippen LogP contribution in [0.3, 0.4) is 0 Å². The number of hydrogen-bond donors (Lipinski definition) is 1. The number of fused-ring (bicyclic) bond motifs is 1. The van der Waals surface area contributed by atoms with Crippen molar-refractivity contribution < 1.29 is 14.7 Å². The molecule has 0 saturated heterocycles. The van der Waals surface area contributed by atoms with Crippen LogP contribution >= 0.6 is 11.8 Å². The van der Waals surface area contributed by atoms with E-state index in [1.54, 1.807) is 12.1 Å². The minimum Gasteiger partial charge on any atom is -0.480 e. The number of para-hydroxylation sites is 1. The Kier molecular flexibility index (Phi) is 2.87. The van der Waals surface area contributed by atoms with Crippen molar-refractivity contribution in [2.24, 2.45) is 0 Å². The summed E-state index contributed by atoms with van der Waals surface area (Å²) in [7, 11) is 0. The molecular weight excluding hydrogens is 226 g/mol. The average molecular weight is 237 g/mol. The number of benzene rings is 1. The fourth-order valence-electron chi connectivity index (χ4n) is 1.66. The molecule has 1 N–H and O–H groups in total. The van der Waals surface area contributed by atoms with Gasteiger partial charge in [0.1, 0.15) is 6.04 Å². The summed E-state index contributed by atoms with van der Waals surface area (Å²) < 4.78 is 0. The van der Waals surface area contributed by atoms with Crippen LogP contribution in [0.4, 0.5) is 5.69 Å². The number of aliphatic carboxylic acids is 1. The molecule has 0 saturated carbocycles. The maximum atomic E-state index is 11.7. The standard InChI is InChI=1S/C11H11NO3S/c1-7(11(14)15)12-8-4-2-3-5-9(8)16-6-10(12)13/h2-5,7H,6H2,1H3,(H,14,15). The third-order valence-electron chi connectivity index (χ3n) is 2.49. The number of carbonyl (C=O) groups excluding carboxylic acids is 1. The summed E-state index contributed by atoms with van der Waals surface area (Å²) in [6.45, 7) is 1.52. The van der Waals surface area contributed by atoms with Crippen molar-refractivity contribution in [1.29, 1.82) is 0 Å². The Labute approximate surface area is 97.3 Å².